The second kappa shape index (κ2) is 15.6. The summed E-state index contributed by atoms with van der Waals surface area (Å²) in [5.74, 6) is -3.53. The number of aliphatic hydroxyl groups is 1. The first-order valence-corrected chi connectivity index (χ1v) is 18.1. The minimum Gasteiger partial charge on any atom is -0.463 e. The molecule has 2 N–H and O–H groups in total. The summed E-state index contributed by atoms with van der Waals surface area (Å²) in [5.41, 5.74) is -0.336. The zero-order chi connectivity index (χ0) is 36.2. The van der Waals surface area contributed by atoms with Crippen molar-refractivity contribution in [3.05, 3.63) is 97.1 Å². The minimum absolute atomic E-state index is 0.107. The Morgan fingerprint density at radius 1 is 1.12 bits per heavy atom. The number of fused-ring (bicyclic) bond motifs is 1. The summed E-state index contributed by atoms with van der Waals surface area (Å²) in [6, 6.07) is 16.1. The number of aliphatic hydroxyl groups excluding tert-OH is 1. The molecule has 3 heterocycles. The second-order valence-electron chi connectivity index (χ2n) is 14.3. The highest BCUT2D eigenvalue weighted by molar-refractivity contribution is 9.09. The van der Waals surface area contributed by atoms with Gasteiger partial charge >= 0.3 is 5.97 Å². The number of hydrogen-bond donors (Lipinski definition) is 2. The van der Waals surface area contributed by atoms with E-state index in [-0.39, 0.29) is 30.3 Å². The van der Waals surface area contributed by atoms with Crippen molar-refractivity contribution in [2.45, 2.75) is 86.7 Å². The quantitative estimate of drug-likeness (QED) is 0.156. The van der Waals surface area contributed by atoms with E-state index in [1.165, 1.54) is 4.90 Å². The molecule has 10 nitrogen and oxygen atoms in total. The Hall–Kier alpha value is -3.80. The van der Waals surface area contributed by atoms with Gasteiger partial charge < -0.3 is 29.7 Å². The van der Waals surface area contributed by atoms with Crippen LogP contribution in [0.25, 0.3) is 0 Å². The maximum atomic E-state index is 14.9. The third-order valence-corrected chi connectivity index (χ3v) is 10.9. The van der Waals surface area contributed by atoms with Crippen LogP contribution in [0.5, 0.6) is 0 Å². The lowest BCUT2D eigenvalue weighted by molar-refractivity contribution is -0.154. The Morgan fingerprint density at radius 3 is 2.38 bits per heavy atom. The standard InChI is InChI=1S/C39H48BrN3O7/c1-6-8-19-30(45)49-24-29(26-17-13-10-14-18-26)41-35(46)31-32-36(47)43(27(23-44)21-25-15-11-9-12-16-25)34(39(32)22-28(40)33(31)50-39)37(48)42(20-7-2)38(3,4)5/h6-7,9-18,27-29,31-34,44H,1-2,8,19-24H2,3-5H3,(H,41,46)/t27-,28?,29+,31-,32+,33-,34-,39+/m1/s1. The van der Waals surface area contributed by atoms with Gasteiger partial charge in [-0.25, -0.2) is 0 Å². The number of carbonyl (C=O) groups excluding carboxylic acids is 4. The number of nitrogens with zero attached hydrogens (tertiary/aromatic N) is 2. The number of esters is 1. The lowest BCUT2D eigenvalue weighted by Crippen LogP contribution is -2.62. The van der Waals surface area contributed by atoms with E-state index in [4.69, 9.17) is 9.47 Å². The van der Waals surface area contributed by atoms with Crippen LogP contribution >= 0.6 is 15.9 Å². The van der Waals surface area contributed by atoms with Crippen molar-refractivity contribution in [3.8, 4) is 0 Å². The molecule has 11 heteroatoms. The molecule has 2 aromatic rings. The number of nitrogens with one attached hydrogen (secondary N) is 1. The predicted molar refractivity (Wildman–Crippen MR) is 193 cm³/mol. The summed E-state index contributed by atoms with van der Waals surface area (Å²) in [5, 5.41) is 13.9. The van der Waals surface area contributed by atoms with E-state index in [2.05, 4.69) is 34.4 Å². The molecule has 5 rings (SSSR count). The summed E-state index contributed by atoms with van der Waals surface area (Å²) >= 11 is 3.75. The summed E-state index contributed by atoms with van der Waals surface area (Å²) in [6.45, 7) is 13.0. The number of hydrogen-bond acceptors (Lipinski definition) is 7. The van der Waals surface area contributed by atoms with Crippen LogP contribution in [0.4, 0.5) is 0 Å². The molecule has 0 saturated carbocycles. The fourth-order valence-corrected chi connectivity index (χ4v) is 8.73. The van der Waals surface area contributed by atoms with Crippen molar-refractivity contribution < 1.29 is 33.8 Å². The molecule has 0 aromatic heterocycles. The van der Waals surface area contributed by atoms with E-state index in [1.54, 1.807) is 17.1 Å². The van der Waals surface area contributed by atoms with Gasteiger partial charge in [-0.1, -0.05) is 88.7 Å². The van der Waals surface area contributed by atoms with Crippen LogP contribution in [0.15, 0.2) is 86.0 Å². The molecule has 3 amide bonds. The Morgan fingerprint density at radius 2 is 1.78 bits per heavy atom. The van der Waals surface area contributed by atoms with Crippen molar-refractivity contribution in [3.63, 3.8) is 0 Å². The van der Waals surface area contributed by atoms with Gasteiger partial charge in [0.1, 0.15) is 18.2 Å². The largest absolute Gasteiger partial charge is 0.463 e. The van der Waals surface area contributed by atoms with Gasteiger partial charge in [-0.05, 0) is 51.2 Å². The molecule has 50 heavy (non-hydrogen) atoms. The molecular weight excluding hydrogens is 702 g/mol. The first kappa shape index (κ1) is 37.5. The molecule has 3 aliphatic heterocycles. The second-order valence-corrected chi connectivity index (χ2v) is 15.5. The number of likely N-dealkylation sites (tertiary alicyclic amines) is 1. The van der Waals surface area contributed by atoms with Gasteiger partial charge in [0.15, 0.2) is 0 Å². The molecule has 3 fully saturated rings. The molecule has 1 unspecified atom stereocenters. The molecule has 2 aromatic carbocycles. The topological polar surface area (TPSA) is 125 Å². The van der Waals surface area contributed by atoms with Crippen molar-refractivity contribution >= 4 is 39.6 Å². The highest BCUT2D eigenvalue weighted by Gasteiger charge is 2.77. The zero-order valence-corrected chi connectivity index (χ0v) is 30.6. The molecule has 0 radical (unpaired) electrons. The molecule has 2 bridgehead atoms. The van der Waals surface area contributed by atoms with Crippen molar-refractivity contribution in [1.82, 2.24) is 15.1 Å². The molecule has 0 aliphatic carbocycles. The van der Waals surface area contributed by atoms with Crippen molar-refractivity contribution in [2.75, 3.05) is 19.8 Å². The maximum absolute atomic E-state index is 14.9. The van der Waals surface area contributed by atoms with Crippen LogP contribution in [-0.4, -0.2) is 92.5 Å². The SMILES string of the molecule is C=CCCC(=O)OC[C@H](NC(=O)[C@H]1[C@@H]2O[C@@]3(CC2Br)[C@@H]1C(=O)N([C@@H](CO)Cc1ccccc1)[C@@H]3C(=O)N(CC=C)C(C)(C)C)c1ccccc1. The summed E-state index contributed by atoms with van der Waals surface area (Å²) in [6.07, 6.45) is 3.85. The van der Waals surface area contributed by atoms with Gasteiger partial charge in [-0.15, -0.1) is 13.2 Å². The monoisotopic (exact) mass is 749 g/mol. The van der Waals surface area contributed by atoms with E-state index >= 15 is 0 Å². The third kappa shape index (κ3) is 7.31. The molecule has 8 atom stereocenters. The number of halogens is 1. The molecule has 3 aliphatic rings. The zero-order valence-electron chi connectivity index (χ0n) is 29.0. The fraction of sp³-hybridized carbons (Fsp3) is 0.487. The van der Waals surface area contributed by atoms with E-state index in [0.717, 1.165) is 11.1 Å². The van der Waals surface area contributed by atoms with Crippen LogP contribution < -0.4 is 5.32 Å². The van der Waals surface area contributed by atoms with Crippen molar-refractivity contribution in [2.24, 2.45) is 11.8 Å². The average molecular weight is 751 g/mol. The van der Waals surface area contributed by atoms with Crippen LogP contribution in [0, 0.1) is 11.8 Å². The summed E-state index contributed by atoms with van der Waals surface area (Å²) < 4.78 is 12.3. The number of rotatable bonds is 15. The number of allylic oxidation sites excluding steroid dienone is 1. The first-order chi connectivity index (χ1) is 23.9. The maximum Gasteiger partial charge on any atom is 0.306 e. The van der Waals surface area contributed by atoms with Crippen LogP contribution in [0.2, 0.25) is 0 Å². The smallest absolute Gasteiger partial charge is 0.306 e. The fourth-order valence-electron chi connectivity index (χ4n) is 7.79. The van der Waals surface area contributed by atoms with Gasteiger partial charge in [0, 0.05) is 23.3 Å². The van der Waals surface area contributed by atoms with Gasteiger partial charge in [0.25, 0.3) is 0 Å². The summed E-state index contributed by atoms with van der Waals surface area (Å²) in [7, 11) is 0. The Kier molecular flexibility index (Phi) is 11.7. The number of benzene rings is 2. The van der Waals surface area contributed by atoms with Crippen molar-refractivity contribution in [1.29, 1.82) is 0 Å². The minimum atomic E-state index is -1.33. The lowest BCUT2D eigenvalue weighted by atomic mass is 9.70. The van der Waals surface area contributed by atoms with Crippen LogP contribution in [-0.2, 0) is 35.1 Å². The van der Waals surface area contributed by atoms with Gasteiger partial charge in [0.2, 0.25) is 17.7 Å². The average Bonchev–Trinajstić information content (AvgIpc) is 3.70. The highest BCUT2D eigenvalue weighted by atomic mass is 79.9. The lowest BCUT2D eigenvalue weighted by Gasteiger charge is -2.43. The first-order valence-electron chi connectivity index (χ1n) is 17.2. The summed E-state index contributed by atoms with van der Waals surface area (Å²) in [4.78, 5) is 59.5. The number of alkyl halides is 1. The van der Waals surface area contributed by atoms with Crippen LogP contribution in [0.3, 0.4) is 0 Å². The number of amides is 3. The van der Waals surface area contributed by atoms with Gasteiger partial charge in [-0.2, -0.15) is 0 Å². The number of ether oxygens (including phenoxy) is 2. The molecule has 1 spiro atoms. The van der Waals surface area contributed by atoms with Gasteiger partial charge in [-0.3, -0.25) is 19.2 Å². The van der Waals surface area contributed by atoms with Crippen LogP contribution in [0.1, 0.15) is 57.2 Å². The molecule has 268 valence electrons. The number of carbonyl (C=O) groups is 4. The molecular formula is C39H48BrN3O7. The predicted octanol–water partition coefficient (Wildman–Crippen LogP) is 4.52. The molecule has 3 saturated heterocycles. The van der Waals surface area contributed by atoms with E-state index in [0.29, 0.717) is 19.3 Å². The van der Waals surface area contributed by atoms with E-state index < -0.39 is 71.6 Å². The van der Waals surface area contributed by atoms with E-state index in [1.807, 2.05) is 81.4 Å². The Balaban J connectivity index is 1.53. The highest BCUT2D eigenvalue weighted by Crippen LogP contribution is 2.60. The Bertz CT molecular complexity index is 1560. The Labute approximate surface area is 303 Å². The third-order valence-electron chi connectivity index (χ3n) is 10.1. The van der Waals surface area contributed by atoms with Gasteiger partial charge in [0.05, 0.1) is 36.6 Å². The normalized spacial score (nSPS) is 26.5. The van der Waals surface area contributed by atoms with E-state index in [9.17, 15) is 24.3 Å².